The first-order valence-corrected chi connectivity index (χ1v) is 4.77. The molecule has 15 heavy (non-hydrogen) atoms. The first-order valence-electron chi connectivity index (χ1n) is 4.77. The Morgan fingerprint density at radius 2 is 2.00 bits per heavy atom. The van der Waals surface area contributed by atoms with Crippen molar-refractivity contribution >= 4 is 0 Å². The number of pyridine rings is 1. The van der Waals surface area contributed by atoms with Crippen LogP contribution >= 0.6 is 0 Å². The van der Waals surface area contributed by atoms with Gasteiger partial charge in [-0.05, 0) is 30.4 Å². The van der Waals surface area contributed by atoms with Crippen LogP contribution in [0, 0.1) is 5.92 Å². The van der Waals surface area contributed by atoms with Gasteiger partial charge in [0.25, 0.3) is 0 Å². The lowest BCUT2D eigenvalue weighted by molar-refractivity contribution is -0.141. The highest BCUT2D eigenvalue weighted by atomic mass is 19.4. The highest BCUT2D eigenvalue weighted by Gasteiger charge is 2.33. The highest BCUT2D eigenvalue weighted by molar-refractivity contribution is 5.20. The first kappa shape index (κ1) is 10.4. The Kier molecular flexibility index (Phi) is 2.42. The van der Waals surface area contributed by atoms with Crippen LogP contribution < -0.4 is 5.73 Å². The first-order chi connectivity index (χ1) is 6.98. The zero-order valence-electron chi connectivity index (χ0n) is 7.96. The molecule has 1 aromatic rings. The van der Waals surface area contributed by atoms with Crippen molar-refractivity contribution in [2.24, 2.45) is 11.7 Å². The Balaban J connectivity index is 2.16. The number of hydrogen-bond donors (Lipinski definition) is 1. The molecule has 1 saturated carbocycles. The molecule has 0 radical (unpaired) electrons. The molecular weight excluding hydrogens is 205 g/mol. The van der Waals surface area contributed by atoms with Gasteiger partial charge in [-0.15, -0.1) is 0 Å². The van der Waals surface area contributed by atoms with E-state index in [0.717, 1.165) is 18.9 Å². The monoisotopic (exact) mass is 216 g/mol. The second kappa shape index (κ2) is 3.48. The fourth-order valence-electron chi connectivity index (χ4n) is 1.50. The molecule has 1 aliphatic rings. The summed E-state index contributed by atoms with van der Waals surface area (Å²) < 4.78 is 36.6. The average molecular weight is 216 g/mol. The van der Waals surface area contributed by atoms with Gasteiger partial charge in [-0.25, -0.2) is 0 Å². The number of nitrogens with zero attached hydrogens (tertiary/aromatic N) is 1. The normalized spacial score (nSPS) is 18.9. The largest absolute Gasteiger partial charge is 0.433 e. The van der Waals surface area contributed by atoms with Gasteiger partial charge in [0, 0.05) is 12.2 Å². The minimum atomic E-state index is -4.37. The van der Waals surface area contributed by atoms with Crippen molar-refractivity contribution in [1.29, 1.82) is 0 Å². The van der Waals surface area contributed by atoms with Crippen LogP contribution in [0.15, 0.2) is 18.3 Å². The molecule has 0 bridgehead atoms. The fraction of sp³-hybridized carbons (Fsp3) is 0.500. The van der Waals surface area contributed by atoms with E-state index in [1.807, 2.05) is 0 Å². The quantitative estimate of drug-likeness (QED) is 0.824. The molecule has 0 aromatic carbocycles. The SMILES string of the molecule is NC(c1ccc(C(F)(F)F)nc1)C1CC1. The minimum absolute atomic E-state index is 0.167. The van der Waals surface area contributed by atoms with Crippen LogP contribution in [0.5, 0.6) is 0 Å². The summed E-state index contributed by atoms with van der Waals surface area (Å²) in [5.74, 6) is 0.420. The number of alkyl halides is 3. The van der Waals surface area contributed by atoms with Gasteiger partial charge in [0.1, 0.15) is 5.69 Å². The third-order valence-corrected chi connectivity index (χ3v) is 2.59. The molecule has 0 saturated heterocycles. The summed E-state index contributed by atoms with van der Waals surface area (Å²) in [6.07, 6.45) is -1.03. The van der Waals surface area contributed by atoms with Crippen LogP contribution in [-0.4, -0.2) is 4.98 Å². The van der Waals surface area contributed by atoms with Gasteiger partial charge in [0.05, 0.1) is 0 Å². The summed E-state index contributed by atoms with van der Waals surface area (Å²) in [5, 5.41) is 0. The van der Waals surface area contributed by atoms with E-state index in [0.29, 0.717) is 11.5 Å². The number of rotatable bonds is 2. The van der Waals surface area contributed by atoms with E-state index in [1.165, 1.54) is 12.3 Å². The van der Waals surface area contributed by atoms with Crippen LogP contribution in [0.1, 0.15) is 30.1 Å². The van der Waals surface area contributed by atoms with E-state index < -0.39 is 11.9 Å². The smallest absolute Gasteiger partial charge is 0.324 e. The van der Waals surface area contributed by atoms with Crippen LogP contribution in [0.3, 0.4) is 0 Å². The van der Waals surface area contributed by atoms with E-state index in [1.54, 1.807) is 0 Å². The van der Waals surface area contributed by atoms with Gasteiger partial charge < -0.3 is 5.73 Å². The lowest BCUT2D eigenvalue weighted by Gasteiger charge is -2.11. The highest BCUT2D eigenvalue weighted by Crippen LogP contribution is 2.39. The van der Waals surface area contributed by atoms with Gasteiger partial charge in [-0.3, -0.25) is 4.98 Å². The fourth-order valence-corrected chi connectivity index (χ4v) is 1.50. The van der Waals surface area contributed by atoms with Gasteiger partial charge in [0.15, 0.2) is 0 Å². The summed E-state index contributed by atoms with van der Waals surface area (Å²) in [6, 6.07) is 2.23. The summed E-state index contributed by atoms with van der Waals surface area (Å²) in [5.41, 5.74) is 5.66. The molecule has 0 amide bonds. The molecule has 1 aromatic heterocycles. The Morgan fingerprint density at radius 1 is 1.33 bits per heavy atom. The Morgan fingerprint density at radius 3 is 2.40 bits per heavy atom. The zero-order chi connectivity index (χ0) is 11.1. The maximum Gasteiger partial charge on any atom is 0.433 e. The van der Waals surface area contributed by atoms with E-state index in [2.05, 4.69) is 4.98 Å². The Bertz CT molecular complexity index is 341. The maximum absolute atomic E-state index is 12.2. The number of halogens is 3. The van der Waals surface area contributed by atoms with E-state index >= 15 is 0 Å². The number of nitrogens with two attached hydrogens (primary N) is 1. The van der Waals surface area contributed by atoms with E-state index in [-0.39, 0.29) is 6.04 Å². The molecule has 1 atom stereocenters. The topological polar surface area (TPSA) is 38.9 Å². The number of aromatic nitrogens is 1. The van der Waals surface area contributed by atoms with Crippen molar-refractivity contribution in [2.75, 3.05) is 0 Å². The zero-order valence-corrected chi connectivity index (χ0v) is 7.96. The lowest BCUT2D eigenvalue weighted by Crippen LogP contribution is -2.14. The van der Waals surface area contributed by atoms with Crippen molar-refractivity contribution in [2.45, 2.75) is 25.1 Å². The molecule has 2 rings (SSSR count). The molecule has 0 aliphatic heterocycles. The van der Waals surface area contributed by atoms with Crippen molar-refractivity contribution in [1.82, 2.24) is 4.98 Å². The molecule has 0 spiro atoms. The van der Waals surface area contributed by atoms with Crippen molar-refractivity contribution in [3.63, 3.8) is 0 Å². The summed E-state index contributed by atoms with van der Waals surface area (Å²) in [4.78, 5) is 3.38. The van der Waals surface area contributed by atoms with E-state index in [4.69, 9.17) is 5.73 Å². The van der Waals surface area contributed by atoms with Crippen LogP contribution in [0.2, 0.25) is 0 Å². The van der Waals surface area contributed by atoms with Gasteiger partial charge in [-0.1, -0.05) is 6.07 Å². The maximum atomic E-state index is 12.2. The van der Waals surface area contributed by atoms with Crippen molar-refractivity contribution in [3.05, 3.63) is 29.6 Å². The van der Waals surface area contributed by atoms with Gasteiger partial charge >= 0.3 is 6.18 Å². The van der Waals surface area contributed by atoms with Crippen molar-refractivity contribution in [3.8, 4) is 0 Å². The molecule has 1 heterocycles. The van der Waals surface area contributed by atoms with Crippen molar-refractivity contribution < 1.29 is 13.2 Å². The van der Waals surface area contributed by atoms with Crippen LogP contribution in [0.25, 0.3) is 0 Å². The van der Waals surface area contributed by atoms with E-state index in [9.17, 15) is 13.2 Å². The Hall–Kier alpha value is -1.10. The van der Waals surface area contributed by atoms with Gasteiger partial charge in [-0.2, -0.15) is 13.2 Å². The molecule has 2 N–H and O–H groups in total. The predicted octanol–water partition coefficient (Wildman–Crippen LogP) is 2.51. The predicted molar refractivity (Wildman–Crippen MR) is 48.9 cm³/mol. The number of hydrogen-bond acceptors (Lipinski definition) is 2. The third-order valence-electron chi connectivity index (χ3n) is 2.59. The molecule has 2 nitrogen and oxygen atoms in total. The summed E-state index contributed by atoms with van der Waals surface area (Å²) >= 11 is 0. The van der Waals surface area contributed by atoms with Crippen LogP contribution in [0.4, 0.5) is 13.2 Å². The molecule has 82 valence electrons. The van der Waals surface area contributed by atoms with Crippen LogP contribution in [-0.2, 0) is 6.18 Å². The average Bonchev–Trinajstić information content (AvgIpc) is 2.99. The van der Waals surface area contributed by atoms with Gasteiger partial charge in [0.2, 0.25) is 0 Å². The lowest BCUT2D eigenvalue weighted by atomic mass is 10.1. The second-order valence-corrected chi connectivity index (χ2v) is 3.84. The standard InChI is InChI=1S/C10H11F3N2/c11-10(12,13)8-4-3-7(5-15-8)9(14)6-1-2-6/h3-6,9H,1-2,14H2. The molecule has 1 unspecified atom stereocenters. The molecular formula is C10H11F3N2. The molecule has 1 aliphatic carbocycles. The second-order valence-electron chi connectivity index (χ2n) is 3.84. The summed E-state index contributed by atoms with van der Waals surface area (Å²) in [7, 11) is 0. The molecule has 5 heteroatoms. The molecule has 1 fully saturated rings. The summed E-state index contributed by atoms with van der Waals surface area (Å²) in [6.45, 7) is 0. The Labute approximate surface area is 85.3 Å². The third kappa shape index (κ3) is 2.28. The minimum Gasteiger partial charge on any atom is -0.324 e.